The van der Waals surface area contributed by atoms with Crippen molar-refractivity contribution in [3.8, 4) is 5.75 Å². The van der Waals surface area contributed by atoms with Crippen LogP contribution in [0.1, 0.15) is 30.5 Å². The number of guanidine groups is 1. The van der Waals surface area contributed by atoms with E-state index in [4.69, 9.17) is 10.5 Å². The van der Waals surface area contributed by atoms with Crippen molar-refractivity contribution in [2.24, 2.45) is 10.7 Å². The van der Waals surface area contributed by atoms with E-state index in [-0.39, 0.29) is 5.41 Å². The summed E-state index contributed by atoms with van der Waals surface area (Å²) < 4.78 is 5.21. The monoisotopic (exact) mass is 325 g/mol. The van der Waals surface area contributed by atoms with E-state index in [0.29, 0.717) is 12.5 Å². The first-order chi connectivity index (χ1) is 11.3. The van der Waals surface area contributed by atoms with E-state index in [1.54, 1.807) is 7.11 Å². The minimum absolute atomic E-state index is 0.109. The third kappa shape index (κ3) is 4.51. The van der Waals surface area contributed by atoms with Gasteiger partial charge in [-0.1, -0.05) is 32.0 Å². The van der Waals surface area contributed by atoms with Gasteiger partial charge in [0.25, 0.3) is 0 Å². The van der Waals surface area contributed by atoms with Gasteiger partial charge in [-0.25, -0.2) is 0 Å². The van der Waals surface area contributed by atoms with Crippen molar-refractivity contribution >= 4 is 11.6 Å². The second-order valence-electron chi connectivity index (χ2n) is 6.74. The molecule has 2 aromatic rings. The van der Waals surface area contributed by atoms with Crippen molar-refractivity contribution in [2.45, 2.75) is 33.1 Å². The molecule has 0 spiro atoms. The first-order valence-corrected chi connectivity index (χ1v) is 8.10. The summed E-state index contributed by atoms with van der Waals surface area (Å²) in [6.07, 6.45) is 0. The van der Waals surface area contributed by atoms with Crippen LogP contribution in [-0.2, 0) is 5.41 Å². The molecular weight excluding hydrogens is 298 g/mol. The van der Waals surface area contributed by atoms with Crippen molar-refractivity contribution in [3.05, 3.63) is 59.2 Å². The number of ether oxygens (including phenoxy) is 1. The van der Waals surface area contributed by atoms with Gasteiger partial charge < -0.3 is 15.8 Å². The van der Waals surface area contributed by atoms with E-state index in [2.05, 4.69) is 62.3 Å². The molecule has 0 aromatic heterocycles. The van der Waals surface area contributed by atoms with Crippen LogP contribution >= 0.6 is 0 Å². The number of nitrogens with two attached hydrogens (primary N) is 1. The third-order valence-electron chi connectivity index (χ3n) is 4.30. The zero-order valence-corrected chi connectivity index (χ0v) is 15.2. The normalized spacial score (nSPS) is 12.1. The Hall–Kier alpha value is -2.49. The molecule has 0 fully saturated rings. The van der Waals surface area contributed by atoms with Gasteiger partial charge in [0, 0.05) is 11.1 Å². The zero-order chi connectivity index (χ0) is 17.7. The fourth-order valence-corrected chi connectivity index (χ4v) is 2.42. The zero-order valence-electron chi connectivity index (χ0n) is 15.2. The Bertz CT molecular complexity index is 718. The van der Waals surface area contributed by atoms with Crippen LogP contribution in [0.25, 0.3) is 0 Å². The highest BCUT2D eigenvalue weighted by Gasteiger charge is 2.20. The highest BCUT2D eigenvalue weighted by atomic mass is 16.5. The molecule has 0 radical (unpaired) electrons. The SMILES string of the molecule is COc1ccc(C(C)(C)CN=C(N)Nc2ccc(C)c(C)c2)cc1. The van der Waals surface area contributed by atoms with Gasteiger partial charge in [0.1, 0.15) is 5.75 Å². The summed E-state index contributed by atoms with van der Waals surface area (Å²) in [6, 6.07) is 14.2. The van der Waals surface area contributed by atoms with Crippen molar-refractivity contribution in [1.29, 1.82) is 0 Å². The van der Waals surface area contributed by atoms with Crippen LogP contribution in [0.3, 0.4) is 0 Å². The molecule has 0 unspecified atom stereocenters. The number of aliphatic imine (C=N–C) groups is 1. The number of hydrogen-bond acceptors (Lipinski definition) is 2. The molecular formula is C20H27N3O. The van der Waals surface area contributed by atoms with Gasteiger partial charge >= 0.3 is 0 Å². The lowest BCUT2D eigenvalue weighted by Gasteiger charge is -2.23. The predicted octanol–water partition coefficient (Wildman–Crippen LogP) is 4.02. The van der Waals surface area contributed by atoms with Crippen LogP contribution in [0.2, 0.25) is 0 Å². The van der Waals surface area contributed by atoms with Crippen LogP contribution in [0.15, 0.2) is 47.5 Å². The maximum Gasteiger partial charge on any atom is 0.193 e. The summed E-state index contributed by atoms with van der Waals surface area (Å²) >= 11 is 0. The lowest BCUT2D eigenvalue weighted by molar-refractivity contribution is 0.414. The smallest absolute Gasteiger partial charge is 0.193 e. The first-order valence-electron chi connectivity index (χ1n) is 8.10. The number of rotatable bonds is 5. The quantitative estimate of drug-likeness (QED) is 0.645. The van der Waals surface area contributed by atoms with Gasteiger partial charge in [-0.2, -0.15) is 0 Å². The number of aryl methyl sites for hydroxylation is 2. The number of methoxy groups -OCH3 is 1. The molecule has 24 heavy (non-hydrogen) atoms. The maximum absolute atomic E-state index is 6.04. The standard InChI is InChI=1S/C20H27N3O/c1-14-6-9-17(12-15(14)2)23-19(21)22-13-20(3,4)16-7-10-18(24-5)11-8-16/h6-12H,13H2,1-5H3,(H3,21,22,23). The Labute approximate surface area is 144 Å². The van der Waals surface area contributed by atoms with Crippen LogP contribution in [0.4, 0.5) is 5.69 Å². The van der Waals surface area contributed by atoms with E-state index in [1.165, 1.54) is 16.7 Å². The van der Waals surface area contributed by atoms with Gasteiger partial charge in [0.05, 0.1) is 13.7 Å². The van der Waals surface area contributed by atoms with Gasteiger partial charge in [-0.15, -0.1) is 0 Å². The van der Waals surface area contributed by atoms with Crippen molar-refractivity contribution in [1.82, 2.24) is 0 Å². The molecule has 0 aliphatic rings. The van der Waals surface area contributed by atoms with Crippen LogP contribution in [-0.4, -0.2) is 19.6 Å². The Kier molecular flexibility index (Phi) is 5.50. The molecule has 0 atom stereocenters. The predicted molar refractivity (Wildman–Crippen MR) is 102 cm³/mol. The Balaban J connectivity index is 2.05. The van der Waals surface area contributed by atoms with Crippen molar-refractivity contribution < 1.29 is 4.74 Å². The molecule has 2 rings (SSSR count). The molecule has 0 saturated carbocycles. The highest BCUT2D eigenvalue weighted by molar-refractivity contribution is 5.92. The summed E-state index contributed by atoms with van der Waals surface area (Å²) in [4.78, 5) is 4.51. The fraction of sp³-hybridized carbons (Fsp3) is 0.350. The summed E-state index contributed by atoms with van der Waals surface area (Å²) in [5, 5.41) is 3.16. The Morgan fingerprint density at radius 2 is 1.75 bits per heavy atom. The number of anilines is 1. The van der Waals surface area contributed by atoms with E-state index < -0.39 is 0 Å². The van der Waals surface area contributed by atoms with Crippen LogP contribution in [0, 0.1) is 13.8 Å². The van der Waals surface area contributed by atoms with Crippen molar-refractivity contribution in [2.75, 3.05) is 19.0 Å². The van der Waals surface area contributed by atoms with Crippen LogP contribution < -0.4 is 15.8 Å². The lowest BCUT2D eigenvalue weighted by atomic mass is 9.85. The van der Waals surface area contributed by atoms with Crippen LogP contribution in [0.5, 0.6) is 5.75 Å². The molecule has 0 heterocycles. The minimum atomic E-state index is -0.109. The molecule has 0 aliphatic carbocycles. The van der Waals surface area contributed by atoms with Gasteiger partial charge in [-0.05, 0) is 54.8 Å². The molecule has 2 aromatic carbocycles. The topological polar surface area (TPSA) is 59.6 Å². The Morgan fingerprint density at radius 3 is 2.33 bits per heavy atom. The number of benzene rings is 2. The maximum atomic E-state index is 6.04. The number of nitrogens with one attached hydrogen (secondary N) is 1. The molecule has 0 amide bonds. The van der Waals surface area contributed by atoms with Crippen molar-refractivity contribution in [3.63, 3.8) is 0 Å². The Morgan fingerprint density at radius 1 is 1.08 bits per heavy atom. The largest absolute Gasteiger partial charge is 0.497 e. The highest BCUT2D eigenvalue weighted by Crippen LogP contribution is 2.25. The first kappa shape index (κ1) is 17.9. The molecule has 4 heteroatoms. The van der Waals surface area contributed by atoms with E-state index in [1.807, 2.05) is 18.2 Å². The average Bonchev–Trinajstić information content (AvgIpc) is 2.56. The van der Waals surface area contributed by atoms with Gasteiger partial charge in [0.2, 0.25) is 0 Å². The molecule has 4 nitrogen and oxygen atoms in total. The molecule has 0 saturated heterocycles. The fourth-order valence-electron chi connectivity index (χ4n) is 2.42. The molecule has 128 valence electrons. The van der Waals surface area contributed by atoms with Gasteiger partial charge in [0.15, 0.2) is 5.96 Å². The van der Waals surface area contributed by atoms with E-state index >= 15 is 0 Å². The number of hydrogen-bond donors (Lipinski definition) is 2. The molecule has 0 bridgehead atoms. The average molecular weight is 325 g/mol. The minimum Gasteiger partial charge on any atom is -0.497 e. The van der Waals surface area contributed by atoms with E-state index in [9.17, 15) is 0 Å². The third-order valence-corrected chi connectivity index (χ3v) is 4.30. The number of nitrogens with zero attached hydrogens (tertiary/aromatic N) is 1. The summed E-state index contributed by atoms with van der Waals surface area (Å²) in [5.74, 6) is 1.29. The van der Waals surface area contributed by atoms with E-state index in [0.717, 1.165) is 11.4 Å². The second-order valence-corrected chi connectivity index (χ2v) is 6.74. The lowest BCUT2D eigenvalue weighted by Crippen LogP contribution is -2.27. The summed E-state index contributed by atoms with van der Waals surface area (Å²) in [6.45, 7) is 9.08. The summed E-state index contributed by atoms with van der Waals surface area (Å²) in [5.41, 5.74) is 10.6. The second kappa shape index (κ2) is 7.39. The molecule has 0 aliphatic heterocycles. The molecule has 3 N–H and O–H groups in total. The van der Waals surface area contributed by atoms with Gasteiger partial charge in [-0.3, -0.25) is 4.99 Å². The summed E-state index contributed by atoms with van der Waals surface area (Å²) in [7, 11) is 1.67.